The first-order valence-electron chi connectivity index (χ1n) is 3.19. The molecule has 0 aliphatic rings. The van der Waals surface area contributed by atoms with Crippen LogP contribution in [0.3, 0.4) is 0 Å². The summed E-state index contributed by atoms with van der Waals surface area (Å²) in [5.41, 5.74) is 1.42. The predicted molar refractivity (Wildman–Crippen MR) is 46.2 cm³/mol. The summed E-state index contributed by atoms with van der Waals surface area (Å²) in [7, 11) is 0. The molecule has 1 N–H and O–H groups in total. The van der Waals surface area contributed by atoms with Gasteiger partial charge in [-0.25, -0.2) is 0 Å². The summed E-state index contributed by atoms with van der Waals surface area (Å²) < 4.78 is 5.51. The minimum absolute atomic E-state index is 0.563. The lowest BCUT2D eigenvalue weighted by molar-refractivity contribution is 0.214. The predicted octanol–water partition coefficient (Wildman–Crippen LogP) is 2.65. The minimum Gasteiger partial charge on any atom is -0.457 e. The molecular weight excluding hydrogens is 208 g/mol. The van der Waals surface area contributed by atoms with E-state index in [1.807, 2.05) is 0 Å². The van der Waals surface area contributed by atoms with Gasteiger partial charge in [0.2, 0.25) is 0 Å². The van der Waals surface area contributed by atoms with Crippen molar-refractivity contribution in [3.63, 3.8) is 0 Å². The van der Waals surface area contributed by atoms with Gasteiger partial charge in [0.05, 0.1) is 6.26 Å². The van der Waals surface area contributed by atoms with Crippen LogP contribution in [0.4, 0.5) is 0 Å². The fraction of sp³-hybridized carbons (Fsp3) is 0.250. The van der Waals surface area contributed by atoms with E-state index < -0.39 is 6.10 Å². The molecule has 3 heteroatoms. The average molecular weight is 217 g/mol. The fourth-order valence-corrected chi connectivity index (χ4v) is 1.22. The smallest absolute Gasteiger partial charge is 0.175 e. The SMILES string of the molecule is C=C(C)C(O)c1ccoc1Br. The number of hydrogen-bond donors (Lipinski definition) is 1. The quantitative estimate of drug-likeness (QED) is 0.772. The molecule has 1 unspecified atom stereocenters. The molecule has 1 rings (SSSR count). The second-order valence-corrected chi connectivity index (χ2v) is 3.12. The summed E-state index contributed by atoms with van der Waals surface area (Å²) in [4.78, 5) is 0. The van der Waals surface area contributed by atoms with E-state index in [0.717, 1.165) is 5.56 Å². The first-order valence-corrected chi connectivity index (χ1v) is 3.98. The van der Waals surface area contributed by atoms with Crippen molar-refractivity contribution in [2.24, 2.45) is 0 Å². The normalized spacial score (nSPS) is 13.0. The summed E-state index contributed by atoms with van der Waals surface area (Å²) >= 11 is 3.17. The number of halogens is 1. The van der Waals surface area contributed by atoms with Gasteiger partial charge in [-0.3, -0.25) is 0 Å². The van der Waals surface area contributed by atoms with E-state index in [4.69, 9.17) is 4.42 Å². The van der Waals surface area contributed by atoms with Crippen molar-refractivity contribution in [3.8, 4) is 0 Å². The Morgan fingerprint density at radius 3 is 2.82 bits per heavy atom. The Morgan fingerprint density at radius 2 is 2.45 bits per heavy atom. The summed E-state index contributed by atoms with van der Waals surface area (Å²) in [6, 6.07) is 1.71. The van der Waals surface area contributed by atoms with Gasteiger partial charge < -0.3 is 9.52 Å². The lowest BCUT2D eigenvalue weighted by Gasteiger charge is -2.06. The molecule has 11 heavy (non-hydrogen) atoms. The largest absolute Gasteiger partial charge is 0.457 e. The van der Waals surface area contributed by atoms with E-state index >= 15 is 0 Å². The van der Waals surface area contributed by atoms with Crippen LogP contribution in [-0.2, 0) is 0 Å². The van der Waals surface area contributed by atoms with Crippen molar-refractivity contribution < 1.29 is 9.52 Å². The van der Waals surface area contributed by atoms with E-state index in [1.54, 1.807) is 13.0 Å². The second-order valence-electron chi connectivity index (χ2n) is 2.40. The van der Waals surface area contributed by atoms with E-state index in [0.29, 0.717) is 10.2 Å². The van der Waals surface area contributed by atoms with Gasteiger partial charge in [0.15, 0.2) is 4.67 Å². The molecule has 0 saturated carbocycles. The summed E-state index contributed by atoms with van der Waals surface area (Å²) in [5.74, 6) is 0. The summed E-state index contributed by atoms with van der Waals surface area (Å²) in [6.45, 7) is 5.41. The first-order chi connectivity index (χ1) is 5.13. The highest BCUT2D eigenvalue weighted by Gasteiger charge is 2.13. The third-order valence-corrected chi connectivity index (χ3v) is 2.05. The Labute approximate surface area is 73.7 Å². The monoisotopic (exact) mass is 216 g/mol. The molecule has 1 aromatic heterocycles. The van der Waals surface area contributed by atoms with Crippen molar-refractivity contribution in [2.75, 3.05) is 0 Å². The topological polar surface area (TPSA) is 33.4 Å². The third kappa shape index (κ3) is 1.73. The molecule has 0 spiro atoms. The zero-order valence-corrected chi connectivity index (χ0v) is 7.76. The molecule has 0 fully saturated rings. The van der Waals surface area contributed by atoms with Crippen molar-refractivity contribution in [2.45, 2.75) is 13.0 Å². The molecule has 0 aliphatic carbocycles. The van der Waals surface area contributed by atoms with Crippen LogP contribution in [-0.4, -0.2) is 5.11 Å². The molecule has 0 aromatic carbocycles. The fourth-order valence-electron chi connectivity index (χ4n) is 0.765. The van der Waals surface area contributed by atoms with E-state index in [2.05, 4.69) is 22.5 Å². The van der Waals surface area contributed by atoms with Crippen LogP contribution in [0.2, 0.25) is 0 Å². The molecular formula is C8H9BrO2. The summed E-state index contributed by atoms with van der Waals surface area (Å²) in [5, 5.41) is 9.48. The van der Waals surface area contributed by atoms with Gasteiger partial charge in [-0.2, -0.15) is 0 Å². The van der Waals surface area contributed by atoms with Crippen molar-refractivity contribution in [3.05, 3.63) is 34.7 Å². The molecule has 0 amide bonds. The van der Waals surface area contributed by atoms with Crippen molar-refractivity contribution in [1.82, 2.24) is 0 Å². The second kappa shape index (κ2) is 3.24. The van der Waals surface area contributed by atoms with Crippen LogP contribution in [0, 0.1) is 0 Å². The zero-order chi connectivity index (χ0) is 8.43. The van der Waals surface area contributed by atoms with E-state index in [1.165, 1.54) is 6.26 Å². The Balaban J connectivity index is 2.92. The molecule has 1 heterocycles. The highest BCUT2D eigenvalue weighted by atomic mass is 79.9. The van der Waals surface area contributed by atoms with Gasteiger partial charge in [-0.1, -0.05) is 6.58 Å². The zero-order valence-electron chi connectivity index (χ0n) is 6.17. The maximum Gasteiger partial charge on any atom is 0.175 e. The molecule has 0 radical (unpaired) electrons. The average Bonchev–Trinajstić information content (AvgIpc) is 2.33. The Hall–Kier alpha value is -0.540. The molecule has 1 atom stereocenters. The van der Waals surface area contributed by atoms with Crippen LogP contribution in [0.5, 0.6) is 0 Å². The highest BCUT2D eigenvalue weighted by Crippen LogP contribution is 2.27. The van der Waals surface area contributed by atoms with Gasteiger partial charge in [-0.05, 0) is 34.5 Å². The molecule has 0 aliphatic heterocycles. The Morgan fingerprint density at radius 1 is 1.82 bits per heavy atom. The maximum atomic E-state index is 9.48. The number of aliphatic hydroxyl groups excluding tert-OH is 1. The number of rotatable bonds is 2. The van der Waals surface area contributed by atoms with Gasteiger partial charge >= 0.3 is 0 Å². The third-order valence-electron chi connectivity index (χ3n) is 1.41. The van der Waals surface area contributed by atoms with Crippen molar-refractivity contribution >= 4 is 15.9 Å². The van der Waals surface area contributed by atoms with Gasteiger partial charge in [0.1, 0.15) is 6.10 Å². The van der Waals surface area contributed by atoms with Crippen LogP contribution >= 0.6 is 15.9 Å². The molecule has 60 valence electrons. The minimum atomic E-state index is -0.636. The first kappa shape index (κ1) is 8.56. The van der Waals surface area contributed by atoms with Crippen LogP contribution in [0.15, 0.2) is 33.6 Å². The van der Waals surface area contributed by atoms with E-state index in [-0.39, 0.29) is 0 Å². The highest BCUT2D eigenvalue weighted by molar-refractivity contribution is 9.10. The molecule has 0 saturated heterocycles. The van der Waals surface area contributed by atoms with Crippen LogP contribution in [0.1, 0.15) is 18.6 Å². The Bertz CT molecular complexity index is 265. The van der Waals surface area contributed by atoms with Crippen molar-refractivity contribution in [1.29, 1.82) is 0 Å². The van der Waals surface area contributed by atoms with Gasteiger partial charge in [0.25, 0.3) is 0 Å². The molecule has 0 bridgehead atoms. The standard InChI is InChI=1S/C8H9BrO2/c1-5(2)7(10)6-3-4-11-8(6)9/h3-4,7,10H,1H2,2H3. The maximum absolute atomic E-state index is 9.48. The number of aliphatic hydroxyl groups is 1. The lowest BCUT2D eigenvalue weighted by Crippen LogP contribution is -1.96. The Kier molecular flexibility index (Phi) is 2.52. The van der Waals surface area contributed by atoms with Crippen LogP contribution < -0.4 is 0 Å². The number of hydrogen-bond acceptors (Lipinski definition) is 2. The number of furan rings is 1. The van der Waals surface area contributed by atoms with Crippen LogP contribution in [0.25, 0.3) is 0 Å². The van der Waals surface area contributed by atoms with Gasteiger partial charge in [-0.15, -0.1) is 0 Å². The van der Waals surface area contributed by atoms with E-state index in [9.17, 15) is 5.11 Å². The summed E-state index contributed by atoms with van der Waals surface area (Å²) in [6.07, 6.45) is 0.883. The lowest BCUT2D eigenvalue weighted by atomic mass is 10.1. The van der Waals surface area contributed by atoms with Gasteiger partial charge in [0, 0.05) is 5.56 Å². The molecule has 1 aromatic rings. The molecule has 2 nitrogen and oxygen atoms in total.